The SMILES string of the molecule is CCOCOc1ccc(C)nc1CNCC(C)C. The van der Waals surface area contributed by atoms with Crippen molar-refractivity contribution in [2.24, 2.45) is 5.92 Å². The molecule has 0 aliphatic carbocycles. The summed E-state index contributed by atoms with van der Waals surface area (Å²) in [5, 5.41) is 3.38. The first-order valence-corrected chi connectivity index (χ1v) is 6.51. The van der Waals surface area contributed by atoms with Crippen molar-refractivity contribution < 1.29 is 9.47 Å². The molecule has 0 spiro atoms. The molecular formula is C14H24N2O2. The zero-order chi connectivity index (χ0) is 13.4. The van der Waals surface area contributed by atoms with E-state index in [2.05, 4.69) is 24.1 Å². The van der Waals surface area contributed by atoms with E-state index in [0.717, 1.165) is 30.2 Å². The molecule has 4 heteroatoms. The van der Waals surface area contributed by atoms with Crippen LogP contribution in [0, 0.1) is 12.8 Å². The third-order valence-electron chi connectivity index (χ3n) is 2.42. The van der Waals surface area contributed by atoms with Gasteiger partial charge in [0, 0.05) is 18.8 Å². The third-order valence-corrected chi connectivity index (χ3v) is 2.42. The van der Waals surface area contributed by atoms with E-state index in [1.165, 1.54) is 0 Å². The van der Waals surface area contributed by atoms with Gasteiger partial charge in [-0.05, 0) is 38.4 Å². The van der Waals surface area contributed by atoms with Crippen LogP contribution in [-0.2, 0) is 11.3 Å². The van der Waals surface area contributed by atoms with Crippen molar-refractivity contribution in [3.63, 3.8) is 0 Å². The summed E-state index contributed by atoms with van der Waals surface area (Å²) in [5.74, 6) is 1.42. The van der Waals surface area contributed by atoms with Crippen LogP contribution in [-0.4, -0.2) is 24.9 Å². The summed E-state index contributed by atoms with van der Waals surface area (Å²) in [7, 11) is 0. The lowest BCUT2D eigenvalue weighted by Crippen LogP contribution is -2.20. The van der Waals surface area contributed by atoms with Crippen LogP contribution in [0.1, 0.15) is 32.2 Å². The number of hydrogen-bond acceptors (Lipinski definition) is 4. The maximum absolute atomic E-state index is 5.57. The maximum Gasteiger partial charge on any atom is 0.189 e. The standard InChI is InChI=1S/C14H24N2O2/c1-5-17-10-18-14-7-6-12(4)16-13(14)9-15-8-11(2)3/h6-7,11,15H,5,8-10H2,1-4H3. The summed E-state index contributed by atoms with van der Waals surface area (Å²) in [5.41, 5.74) is 1.94. The molecule has 18 heavy (non-hydrogen) atoms. The van der Waals surface area contributed by atoms with Gasteiger partial charge in [0.05, 0.1) is 5.69 Å². The van der Waals surface area contributed by atoms with Gasteiger partial charge in [0.15, 0.2) is 6.79 Å². The molecule has 0 bridgehead atoms. The summed E-state index contributed by atoms with van der Waals surface area (Å²) in [6, 6.07) is 3.90. The number of pyridine rings is 1. The monoisotopic (exact) mass is 252 g/mol. The largest absolute Gasteiger partial charge is 0.466 e. The Kier molecular flexibility index (Phi) is 6.68. The smallest absolute Gasteiger partial charge is 0.189 e. The van der Waals surface area contributed by atoms with Crippen LogP contribution >= 0.6 is 0 Å². The predicted molar refractivity (Wildman–Crippen MR) is 72.6 cm³/mol. The highest BCUT2D eigenvalue weighted by Crippen LogP contribution is 2.16. The van der Waals surface area contributed by atoms with Crippen molar-refractivity contribution in [3.8, 4) is 5.75 Å². The van der Waals surface area contributed by atoms with Crippen LogP contribution in [0.3, 0.4) is 0 Å². The fourth-order valence-electron chi connectivity index (χ4n) is 1.52. The molecule has 1 aromatic rings. The Balaban J connectivity index is 2.58. The number of aryl methyl sites for hydroxylation is 1. The van der Waals surface area contributed by atoms with Crippen molar-refractivity contribution in [3.05, 3.63) is 23.5 Å². The molecule has 0 radical (unpaired) electrons. The van der Waals surface area contributed by atoms with E-state index in [9.17, 15) is 0 Å². The molecule has 0 saturated heterocycles. The molecule has 0 saturated carbocycles. The molecular weight excluding hydrogens is 228 g/mol. The number of aromatic nitrogens is 1. The third kappa shape index (κ3) is 5.47. The van der Waals surface area contributed by atoms with Gasteiger partial charge in [-0.25, -0.2) is 0 Å². The van der Waals surface area contributed by atoms with Gasteiger partial charge in [-0.15, -0.1) is 0 Å². The van der Waals surface area contributed by atoms with Gasteiger partial charge in [0.25, 0.3) is 0 Å². The van der Waals surface area contributed by atoms with Crippen LogP contribution in [0.2, 0.25) is 0 Å². The van der Waals surface area contributed by atoms with Crippen molar-refractivity contribution in [1.82, 2.24) is 10.3 Å². The molecule has 0 aromatic carbocycles. The van der Waals surface area contributed by atoms with Gasteiger partial charge in [0.1, 0.15) is 5.75 Å². The molecule has 4 nitrogen and oxygen atoms in total. The van der Waals surface area contributed by atoms with Gasteiger partial charge < -0.3 is 14.8 Å². The van der Waals surface area contributed by atoms with E-state index < -0.39 is 0 Å². The van der Waals surface area contributed by atoms with Crippen LogP contribution in [0.25, 0.3) is 0 Å². The van der Waals surface area contributed by atoms with Gasteiger partial charge in [-0.3, -0.25) is 4.98 Å². The molecule has 1 aromatic heterocycles. The predicted octanol–water partition coefficient (Wildman–Crippen LogP) is 2.51. The van der Waals surface area contributed by atoms with Crippen molar-refractivity contribution in [2.75, 3.05) is 19.9 Å². The first-order valence-electron chi connectivity index (χ1n) is 6.51. The minimum absolute atomic E-state index is 0.276. The molecule has 1 rings (SSSR count). The molecule has 0 unspecified atom stereocenters. The maximum atomic E-state index is 5.57. The Bertz CT molecular complexity index is 354. The van der Waals surface area contributed by atoms with E-state index in [4.69, 9.17) is 9.47 Å². The summed E-state index contributed by atoms with van der Waals surface area (Å²) in [6.07, 6.45) is 0. The fourth-order valence-corrected chi connectivity index (χ4v) is 1.52. The fraction of sp³-hybridized carbons (Fsp3) is 0.643. The number of ether oxygens (including phenoxy) is 2. The van der Waals surface area contributed by atoms with Crippen LogP contribution in [0.4, 0.5) is 0 Å². The second kappa shape index (κ2) is 8.06. The summed E-state index contributed by atoms with van der Waals surface area (Å²) in [4.78, 5) is 4.51. The molecule has 1 N–H and O–H groups in total. The van der Waals surface area contributed by atoms with E-state index in [0.29, 0.717) is 12.5 Å². The zero-order valence-corrected chi connectivity index (χ0v) is 11.8. The Hall–Kier alpha value is -1.13. The first-order chi connectivity index (χ1) is 8.63. The van der Waals surface area contributed by atoms with Crippen LogP contribution in [0.15, 0.2) is 12.1 Å². The van der Waals surface area contributed by atoms with E-state index in [1.54, 1.807) is 0 Å². The quantitative estimate of drug-likeness (QED) is 0.570. The summed E-state index contributed by atoms with van der Waals surface area (Å²) < 4.78 is 10.8. The zero-order valence-electron chi connectivity index (χ0n) is 11.8. The Labute approximate surface area is 110 Å². The van der Waals surface area contributed by atoms with Gasteiger partial charge >= 0.3 is 0 Å². The first kappa shape index (κ1) is 14.9. The lowest BCUT2D eigenvalue weighted by molar-refractivity contribution is 0.0215. The molecule has 0 atom stereocenters. The number of rotatable bonds is 8. The van der Waals surface area contributed by atoms with Gasteiger partial charge in [-0.1, -0.05) is 13.8 Å². The average Bonchev–Trinajstić information content (AvgIpc) is 2.31. The second-order valence-electron chi connectivity index (χ2n) is 4.68. The Morgan fingerprint density at radius 2 is 2.11 bits per heavy atom. The Morgan fingerprint density at radius 3 is 2.78 bits per heavy atom. The van der Waals surface area contributed by atoms with Crippen molar-refractivity contribution in [2.45, 2.75) is 34.2 Å². The highest BCUT2D eigenvalue weighted by Gasteiger charge is 2.06. The van der Waals surface area contributed by atoms with E-state index in [-0.39, 0.29) is 6.79 Å². The van der Waals surface area contributed by atoms with Crippen LogP contribution in [0.5, 0.6) is 5.75 Å². The topological polar surface area (TPSA) is 43.4 Å². The molecule has 0 fully saturated rings. The lowest BCUT2D eigenvalue weighted by Gasteiger charge is -2.13. The van der Waals surface area contributed by atoms with Crippen molar-refractivity contribution >= 4 is 0 Å². The minimum atomic E-state index is 0.276. The molecule has 0 amide bonds. The van der Waals surface area contributed by atoms with Crippen LogP contribution < -0.4 is 10.1 Å². The molecule has 102 valence electrons. The van der Waals surface area contributed by atoms with Crippen molar-refractivity contribution in [1.29, 1.82) is 0 Å². The van der Waals surface area contributed by atoms with Gasteiger partial charge in [0.2, 0.25) is 0 Å². The highest BCUT2D eigenvalue weighted by molar-refractivity contribution is 5.29. The highest BCUT2D eigenvalue weighted by atomic mass is 16.7. The number of hydrogen-bond donors (Lipinski definition) is 1. The average molecular weight is 252 g/mol. The summed E-state index contributed by atoms with van der Waals surface area (Å²) in [6.45, 7) is 10.9. The molecule has 0 aliphatic rings. The Morgan fingerprint density at radius 1 is 1.33 bits per heavy atom. The molecule has 1 heterocycles. The van der Waals surface area contributed by atoms with E-state index in [1.807, 2.05) is 26.0 Å². The second-order valence-corrected chi connectivity index (χ2v) is 4.68. The summed E-state index contributed by atoms with van der Waals surface area (Å²) >= 11 is 0. The molecule has 0 aliphatic heterocycles. The minimum Gasteiger partial charge on any atom is -0.466 e. The van der Waals surface area contributed by atoms with Gasteiger partial charge in [-0.2, -0.15) is 0 Å². The number of nitrogens with one attached hydrogen (secondary N) is 1. The lowest BCUT2D eigenvalue weighted by atomic mass is 10.2. The van der Waals surface area contributed by atoms with E-state index >= 15 is 0 Å². The number of nitrogens with zero attached hydrogens (tertiary/aromatic N) is 1. The normalized spacial score (nSPS) is 10.9.